The molecule has 0 spiro atoms. The summed E-state index contributed by atoms with van der Waals surface area (Å²) in [5, 5.41) is 9.23. The average molecular weight is 442 g/mol. The molecular weight excluding hydrogens is 418 g/mol. The van der Waals surface area contributed by atoms with E-state index in [2.05, 4.69) is 20.8 Å². The zero-order valence-corrected chi connectivity index (χ0v) is 17.9. The molecule has 0 saturated carbocycles. The van der Waals surface area contributed by atoms with Crippen molar-refractivity contribution in [2.24, 2.45) is 5.10 Å². The highest BCUT2D eigenvalue weighted by Crippen LogP contribution is 2.28. The highest BCUT2D eigenvalue weighted by molar-refractivity contribution is 7.14. The van der Waals surface area contributed by atoms with Gasteiger partial charge in [0.2, 0.25) is 5.13 Å². The summed E-state index contributed by atoms with van der Waals surface area (Å²) in [5.74, 6) is 1.66. The van der Waals surface area contributed by atoms with Crippen molar-refractivity contribution in [3.05, 3.63) is 53.4 Å². The molecule has 31 heavy (non-hydrogen) atoms. The first-order valence-electron chi connectivity index (χ1n) is 9.41. The minimum Gasteiger partial charge on any atom is -0.495 e. The molecule has 1 aromatic heterocycles. The predicted molar refractivity (Wildman–Crippen MR) is 122 cm³/mol. The first-order chi connectivity index (χ1) is 15.1. The Morgan fingerprint density at radius 2 is 2.03 bits per heavy atom. The van der Waals surface area contributed by atoms with Crippen molar-refractivity contribution in [2.75, 3.05) is 36.8 Å². The number of nitrogen functional groups attached to an aromatic ring is 1. The Balaban J connectivity index is 1.61. The number of aromatic nitrogens is 1. The molecule has 3 aromatic rings. The van der Waals surface area contributed by atoms with Gasteiger partial charge < -0.3 is 25.3 Å². The van der Waals surface area contributed by atoms with E-state index in [1.165, 1.54) is 11.3 Å². The third kappa shape index (κ3) is 6.34. The lowest BCUT2D eigenvalue weighted by Gasteiger charge is -2.13. The molecule has 162 valence electrons. The lowest BCUT2D eigenvalue weighted by atomic mass is 10.2. The maximum Gasteiger partial charge on any atom is 0.262 e. The van der Waals surface area contributed by atoms with Gasteiger partial charge in [0, 0.05) is 5.38 Å². The van der Waals surface area contributed by atoms with Crippen LogP contribution in [0, 0.1) is 0 Å². The number of hydrogen-bond donors (Lipinski definition) is 3. The summed E-state index contributed by atoms with van der Waals surface area (Å²) >= 11 is 1.36. The number of ether oxygens (including phenoxy) is 3. The number of carbonyl (C=O) groups is 1. The fourth-order valence-corrected chi connectivity index (χ4v) is 3.12. The zero-order chi connectivity index (χ0) is 22.1. The molecule has 0 aliphatic heterocycles. The Hall–Kier alpha value is -3.79. The summed E-state index contributed by atoms with van der Waals surface area (Å²) in [6, 6.07) is 12.5. The van der Waals surface area contributed by atoms with E-state index in [-0.39, 0.29) is 12.5 Å². The summed E-state index contributed by atoms with van der Waals surface area (Å²) < 4.78 is 16.5. The van der Waals surface area contributed by atoms with Crippen molar-refractivity contribution < 1.29 is 19.0 Å². The van der Waals surface area contributed by atoms with Gasteiger partial charge >= 0.3 is 0 Å². The summed E-state index contributed by atoms with van der Waals surface area (Å²) in [4.78, 5) is 16.4. The van der Waals surface area contributed by atoms with Gasteiger partial charge in [0.05, 0.1) is 25.6 Å². The summed E-state index contributed by atoms with van der Waals surface area (Å²) in [5.41, 5.74) is 9.75. The molecule has 2 aromatic carbocycles. The summed E-state index contributed by atoms with van der Waals surface area (Å²) in [7, 11) is 1.54. The number of thiazole rings is 1. The van der Waals surface area contributed by atoms with Crippen LogP contribution >= 0.6 is 11.3 Å². The lowest BCUT2D eigenvalue weighted by Crippen LogP contribution is -2.20. The third-order valence-corrected chi connectivity index (χ3v) is 4.67. The molecule has 3 rings (SSSR count). The van der Waals surface area contributed by atoms with Gasteiger partial charge in [-0.2, -0.15) is 5.10 Å². The normalized spacial score (nSPS) is 10.6. The second-order valence-electron chi connectivity index (χ2n) is 6.12. The van der Waals surface area contributed by atoms with E-state index >= 15 is 0 Å². The molecule has 1 heterocycles. The number of carbonyl (C=O) groups excluding carboxylic acids is 1. The van der Waals surface area contributed by atoms with Crippen LogP contribution in [0.3, 0.4) is 0 Å². The van der Waals surface area contributed by atoms with Crippen LogP contribution < -0.4 is 30.7 Å². The number of hydrogen-bond acceptors (Lipinski definition) is 9. The van der Waals surface area contributed by atoms with Crippen LogP contribution in [0.4, 0.5) is 16.6 Å². The van der Waals surface area contributed by atoms with E-state index < -0.39 is 0 Å². The van der Waals surface area contributed by atoms with Crippen LogP contribution in [0.5, 0.6) is 17.2 Å². The zero-order valence-electron chi connectivity index (χ0n) is 17.1. The van der Waals surface area contributed by atoms with E-state index in [1.54, 1.807) is 49.0 Å². The molecule has 0 fully saturated rings. The quantitative estimate of drug-likeness (QED) is 0.325. The van der Waals surface area contributed by atoms with E-state index in [0.29, 0.717) is 40.5 Å². The Morgan fingerprint density at radius 1 is 1.19 bits per heavy atom. The third-order valence-electron chi connectivity index (χ3n) is 3.90. The maximum absolute atomic E-state index is 12.3. The molecule has 10 heteroatoms. The van der Waals surface area contributed by atoms with Gasteiger partial charge in [0.25, 0.3) is 5.91 Å². The minimum absolute atomic E-state index is 0.182. The molecule has 0 atom stereocenters. The number of rotatable bonds is 10. The van der Waals surface area contributed by atoms with Crippen molar-refractivity contribution in [1.29, 1.82) is 0 Å². The maximum atomic E-state index is 12.3. The number of amides is 1. The molecule has 1 amide bonds. The smallest absolute Gasteiger partial charge is 0.262 e. The van der Waals surface area contributed by atoms with Crippen molar-refractivity contribution in [3.63, 3.8) is 0 Å². The Bertz CT molecular complexity index is 1050. The molecule has 0 saturated heterocycles. The van der Waals surface area contributed by atoms with Crippen LogP contribution in [0.25, 0.3) is 0 Å². The standard InChI is InChI=1S/C21H23N5O4S/c1-3-29-18-10-14(11-23-26-21-25-19(22)13-31-21)8-9-17(18)30-12-20(27)24-15-6-4-5-7-16(15)28-2/h4-11,13H,3,12,22H2,1-2H3,(H,24,27)(H,25,26). The lowest BCUT2D eigenvalue weighted by molar-refractivity contribution is -0.118. The van der Waals surface area contributed by atoms with Gasteiger partial charge in [-0.3, -0.25) is 10.2 Å². The average Bonchev–Trinajstić information content (AvgIpc) is 3.18. The topological polar surface area (TPSA) is 120 Å². The van der Waals surface area contributed by atoms with Gasteiger partial charge in [0.15, 0.2) is 18.1 Å². The van der Waals surface area contributed by atoms with Crippen LogP contribution in [-0.2, 0) is 4.79 Å². The molecule has 4 N–H and O–H groups in total. The van der Waals surface area contributed by atoms with Crippen molar-refractivity contribution in [3.8, 4) is 17.2 Å². The Morgan fingerprint density at radius 3 is 2.77 bits per heavy atom. The molecular formula is C21H23N5O4S. The molecule has 0 radical (unpaired) electrons. The van der Waals surface area contributed by atoms with Gasteiger partial charge in [-0.1, -0.05) is 12.1 Å². The van der Waals surface area contributed by atoms with E-state index in [4.69, 9.17) is 19.9 Å². The summed E-state index contributed by atoms with van der Waals surface area (Å²) in [6.07, 6.45) is 1.62. The number of methoxy groups -OCH3 is 1. The predicted octanol–water partition coefficient (Wildman–Crippen LogP) is 3.60. The van der Waals surface area contributed by atoms with Crippen LogP contribution in [-0.4, -0.2) is 37.4 Å². The first-order valence-corrected chi connectivity index (χ1v) is 10.3. The largest absolute Gasteiger partial charge is 0.495 e. The van der Waals surface area contributed by atoms with Crippen LogP contribution in [0.2, 0.25) is 0 Å². The number of nitrogens with two attached hydrogens (primary N) is 1. The van der Waals surface area contributed by atoms with Crippen LogP contribution in [0.1, 0.15) is 12.5 Å². The van der Waals surface area contributed by atoms with Crippen LogP contribution in [0.15, 0.2) is 52.9 Å². The van der Waals surface area contributed by atoms with Gasteiger partial charge in [-0.15, -0.1) is 11.3 Å². The fraction of sp³-hybridized carbons (Fsp3) is 0.190. The first kappa shape index (κ1) is 21.9. The van der Waals surface area contributed by atoms with Crippen molar-refractivity contribution in [2.45, 2.75) is 6.92 Å². The number of anilines is 3. The summed E-state index contributed by atoms with van der Waals surface area (Å²) in [6.45, 7) is 2.13. The van der Waals surface area contributed by atoms with Gasteiger partial charge in [0.1, 0.15) is 11.6 Å². The molecule has 0 aliphatic rings. The minimum atomic E-state index is -0.315. The number of para-hydroxylation sites is 2. The molecule has 0 aliphatic carbocycles. The Kier molecular flexibility index (Phi) is 7.66. The molecule has 0 bridgehead atoms. The van der Waals surface area contributed by atoms with Gasteiger partial charge in [-0.25, -0.2) is 4.98 Å². The highest BCUT2D eigenvalue weighted by Gasteiger charge is 2.11. The monoisotopic (exact) mass is 441 g/mol. The fourth-order valence-electron chi connectivity index (χ4n) is 2.57. The van der Waals surface area contributed by atoms with Gasteiger partial charge in [-0.05, 0) is 42.8 Å². The van der Waals surface area contributed by atoms with E-state index in [9.17, 15) is 4.79 Å². The van der Waals surface area contributed by atoms with E-state index in [1.807, 2.05) is 19.1 Å². The molecule has 9 nitrogen and oxygen atoms in total. The highest BCUT2D eigenvalue weighted by atomic mass is 32.1. The second kappa shape index (κ2) is 10.8. The Labute approximate surface area is 183 Å². The van der Waals surface area contributed by atoms with E-state index in [0.717, 1.165) is 5.56 Å². The van der Waals surface area contributed by atoms with Crippen molar-refractivity contribution >= 4 is 40.1 Å². The number of hydrazone groups is 1. The number of benzene rings is 2. The van der Waals surface area contributed by atoms with Crippen molar-refractivity contribution in [1.82, 2.24) is 4.98 Å². The second-order valence-corrected chi connectivity index (χ2v) is 6.98. The molecule has 0 unspecified atom stereocenters. The number of nitrogens with one attached hydrogen (secondary N) is 2. The SMILES string of the molecule is CCOc1cc(C=NNc2nc(N)cs2)ccc1OCC(=O)Nc1ccccc1OC. The number of nitrogens with zero attached hydrogens (tertiary/aromatic N) is 2.